The number of hydrogen-bond donors (Lipinski definition) is 1. The monoisotopic (exact) mass is 358 g/mol. The molecular weight excluding hydrogens is 332 g/mol. The van der Waals surface area contributed by atoms with Gasteiger partial charge in [0, 0.05) is 18.5 Å². The molecule has 6 nitrogen and oxygen atoms in total. The Kier molecular flexibility index (Phi) is 4.94. The van der Waals surface area contributed by atoms with Crippen LogP contribution in [-0.2, 0) is 10.2 Å². The van der Waals surface area contributed by atoms with E-state index in [4.69, 9.17) is 9.26 Å². The number of likely N-dealkylation sites (tertiary alicyclic amines) is 1. The fourth-order valence-corrected chi connectivity index (χ4v) is 3.58. The Morgan fingerprint density at radius 2 is 1.96 bits per heavy atom. The second-order valence-corrected chi connectivity index (χ2v) is 7.89. The van der Waals surface area contributed by atoms with Crippen molar-refractivity contribution in [3.8, 4) is 0 Å². The molecule has 0 spiro atoms. The lowest BCUT2D eigenvalue weighted by Crippen LogP contribution is -2.40. The van der Waals surface area contributed by atoms with E-state index in [0.717, 1.165) is 12.0 Å². The van der Waals surface area contributed by atoms with Crippen LogP contribution in [0.1, 0.15) is 62.5 Å². The van der Waals surface area contributed by atoms with Gasteiger partial charge in [0.1, 0.15) is 5.76 Å². The Balaban J connectivity index is 1.89. The van der Waals surface area contributed by atoms with Crippen LogP contribution in [0.25, 0.3) is 0 Å². The third kappa shape index (κ3) is 3.69. The molecule has 1 aromatic heterocycles. The van der Waals surface area contributed by atoms with Gasteiger partial charge in [-0.2, -0.15) is 5.16 Å². The van der Waals surface area contributed by atoms with Gasteiger partial charge in [-0.25, -0.2) is 4.79 Å². The normalized spacial score (nSPS) is 20.8. The molecule has 1 aliphatic rings. The minimum Gasteiger partial charge on any atom is -0.453 e. The van der Waals surface area contributed by atoms with E-state index in [-0.39, 0.29) is 29.0 Å². The highest BCUT2D eigenvalue weighted by Crippen LogP contribution is 2.39. The molecule has 6 heteroatoms. The van der Waals surface area contributed by atoms with Crippen molar-refractivity contribution in [2.24, 2.45) is 0 Å². The van der Waals surface area contributed by atoms with Crippen molar-refractivity contribution in [3.63, 3.8) is 0 Å². The summed E-state index contributed by atoms with van der Waals surface area (Å²) < 4.78 is 10.3. The van der Waals surface area contributed by atoms with Crippen molar-refractivity contribution in [1.29, 1.82) is 0 Å². The number of benzene rings is 1. The van der Waals surface area contributed by atoms with Crippen LogP contribution < -0.4 is 5.56 Å². The number of nitrogens with zero attached hydrogens (tertiary/aromatic N) is 1. The van der Waals surface area contributed by atoms with Gasteiger partial charge in [-0.1, -0.05) is 45.0 Å². The Morgan fingerprint density at radius 1 is 1.27 bits per heavy atom. The van der Waals surface area contributed by atoms with Crippen LogP contribution in [0, 0.1) is 0 Å². The van der Waals surface area contributed by atoms with Gasteiger partial charge >= 0.3 is 6.09 Å². The van der Waals surface area contributed by atoms with Crippen LogP contribution in [0.5, 0.6) is 0 Å². The average molecular weight is 358 g/mol. The van der Waals surface area contributed by atoms with Gasteiger partial charge in [0.25, 0.3) is 5.56 Å². The third-order valence-electron chi connectivity index (χ3n) is 5.12. The van der Waals surface area contributed by atoms with E-state index < -0.39 is 0 Å². The van der Waals surface area contributed by atoms with Gasteiger partial charge < -0.3 is 14.2 Å². The standard InChI is InChI=1S/C20H26N2O4/c1-20(2,3)15-7-5-13(6-8-15)16-11-14(17-12-18(23)21-26-17)9-10-22(16)19(24)25-4/h5-8,12,14,16H,9-11H2,1-4H3,(H,21,23)/t14-,16-/m1/s1. The first kappa shape index (κ1) is 18.3. The largest absolute Gasteiger partial charge is 0.453 e. The van der Waals surface area contributed by atoms with Crippen molar-refractivity contribution >= 4 is 6.09 Å². The predicted molar refractivity (Wildman–Crippen MR) is 98.3 cm³/mol. The molecule has 2 atom stereocenters. The number of amides is 1. The average Bonchev–Trinajstić information content (AvgIpc) is 3.06. The zero-order valence-corrected chi connectivity index (χ0v) is 15.7. The number of methoxy groups -OCH3 is 1. The molecule has 26 heavy (non-hydrogen) atoms. The van der Waals surface area contributed by atoms with Gasteiger partial charge in [0.15, 0.2) is 0 Å². The first-order valence-corrected chi connectivity index (χ1v) is 8.93. The summed E-state index contributed by atoms with van der Waals surface area (Å²) in [4.78, 5) is 25.4. The van der Waals surface area contributed by atoms with Crippen LogP contribution >= 0.6 is 0 Å². The molecule has 2 aromatic rings. The molecule has 1 aromatic carbocycles. The number of hydrogen-bond acceptors (Lipinski definition) is 4. The number of nitrogens with one attached hydrogen (secondary N) is 1. The molecular formula is C20H26N2O4. The second-order valence-electron chi connectivity index (χ2n) is 7.89. The molecule has 0 radical (unpaired) electrons. The van der Waals surface area contributed by atoms with Gasteiger partial charge in [0.05, 0.1) is 13.2 Å². The van der Waals surface area contributed by atoms with Crippen molar-refractivity contribution in [3.05, 3.63) is 57.6 Å². The fraction of sp³-hybridized carbons (Fsp3) is 0.500. The summed E-state index contributed by atoms with van der Waals surface area (Å²) >= 11 is 0. The second kappa shape index (κ2) is 7.02. The molecule has 1 fully saturated rings. The molecule has 0 bridgehead atoms. The molecule has 2 heterocycles. The lowest BCUT2D eigenvalue weighted by atomic mass is 9.83. The maximum Gasteiger partial charge on any atom is 0.409 e. The van der Waals surface area contributed by atoms with Crippen molar-refractivity contribution in [2.75, 3.05) is 13.7 Å². The fourth-order valence-electron chi connectivity index (χ4n) is 3.58. The zero-order chi connectivity index (χ0) is 18.9. The van der Waals surface area contributed by atoms with Crippen molar-refractivity contribution in [1.82, 2.24) is 10.1 Å². The number of ether oxygens (including phenoxy) is 1. The van der Waals surface area contributed by atoms with E-state index in [9.17, 15) is 9.59 Å². The molecule has 3 rings (SSSR count). The van der Waals surface area contributed by atoms with Gasteiger partial charge in [0.2, 0.25) is 0 Å². The molecule has 1 N–H and O–H groups in total. The van der Waals surface area contributed by atoms with E-state index in [1.807, 2.05) is 0 Å². The molecule has 1 amide bonds. The van der Waals surface area contributed by atoms with Gasteiger partial charge in [-0.15, -0.1) is 0 Å². The molecule has 1 saturated heterocycles. The lowest BCUT2D eigenvalue weighted by molar-refractivity contribution is 0.0815. The maximum absolute atomic E-state index is 12.2. The lowest BCUT2D eigenvalue weighted by Gasteiger charge is -2.38. The molecule has 0 saturated carbocycles. The van der Waals surface area contributed by atoms with E-state index >= 15 is 0 Å². The highest BCUT2D eigenvalue weighted by atomic mass is 16.5. The Labute approximate surface area is 153 Å². The summed E-state index contributed by atoms with van der Waals surface area (Å²) in [5.74, 6) is 0.734. The number of aromatic nitrogens is 1. The summed E-state index contributed by atoms with van der Waals surface area (Å²) in [6.45, 7) is 7.08. The minimum absolute atomic E-state index is 0.0736. The van der Waals surface area contributed by atoms with Crippen LogP contribution in [0.15, 0.2) is 39.6 Å². The third-order valence-corrected chi connectivity index (χ3v) is 5.12. The first-order valence-electron chi connectivity index (χ1n) is 8.93. The van der Waals surface area contributed by atoms with Crippen LogP contribution in [-0.4, -0.2) is 29.8 Å². The number of rotatable bonds is 2. The summed E-state index contributed by atoms with van der Waals surface area (Å²) in [6.07, 6.45) is 1.08. The zero-order valence-electron chi connectivity index (χ0n) is 15.7. The number of H-pyrrole nitrogens is 1. The molecule has 0 aliphatic carbocycles. The Morgan fingerprint density at radius 3 is 2.50 bits per heavy atom. The molecule has 0 unspecified atom stereocenters. The van der Waals surface area contributed by atoms with Gasteiger partial charge in [-0.3, -0.25) is 4.79 Å². The summed E-state index contributed by atoms with van der Waals surface area (Å²) in [6, 6.07) is 9.78. The van der Waals surface area contributed by atoms with Crippen LogP contribution in [0.2, 0.25) is 0 Å². The summed E-state index contributed by atoms with van der Waals surface area (Å²) in [7, 11) is 1.40. The molecule has 1 aliphatic heterocycles. The first-order chi connectivity index (χ1) is 12.3. The quantitative estimate of drug-likeness (QED) is 0.882. The van der Waals surface area contributed by atoms with Crippen LogP contribution in [0.3, 0.4) is 0 Å². The van der Waals surface area contributed by atoms with E-state index in [1.54, 1.807) is 4.90 Å². The highest BCUT2D eigenvalue weighted by Gasteiger charge is 2.35. The van der Waals surface area contributed by atoms with Crippen molar-refractivity contribution in [2.45, 2.75) is 51.0 Å². The van der Waals surface area contributed by atoms with E-state index in [0.29, 0.717) is 18.7 Å². The Hall–Kier alpha value is -2.50. The van der Waals surface area contributed by atoms with Crippen LogP contribution in [0.4, 0.5) is 4.79 Å². The summed E-state index contributed by atoms with van der Waals surface area (Å²) in [5, 5.41) is 2.35. The number of piperidine rings is 1. The number of carbonyl (C=O) groups is 1. The van der Waals surface area contributed by atoms with E-state index in [1.165, 1.54) is 18.7 Å². The smallest absolute Gasteiger partial charge is 0.409 e. The Bertz CT molecular complexity index is 813. The summed E-state index contributed by atoms with van der Waals surface area (Å²) in [5.41, 5.74) is 2.15. The SMILES string of the molecule is COC(=O)N1CC[C@@H](c2cc(=O)[nH]o2)C[C@@H]1c1ccc(C(C)(C)C)cc1. The van der Waals surface area contributed by atoms with E-state index in [2.05, 4.69) is 50.2 Å². The number of aromatic amines is 1. The van der Waals surface area contributed by atoms with Crippen molar-refractivity contribution < 1.29 is 14.1 Å². The maximum atomic E-state index is 12.2. The molecule has 140 valence electrons. The predicted octanol–water partition coefficient (Wildman–Crippen LogP) is 3.95. The highest BCUT2D eigenvalue weighted by molar-refractivity contribution is 5.68. The number of carbonyl (C=O) groups excluding carboxylic acids is 1. The van der Waals surface area contributed by atoms with Gasteiger partial charge in [-0.05, 0) is 29.4 Å². The minimum atomic E-state index is -0.330. The topological polar surface area (TPSA) is 75.5 Å².